The molecule has 1 aromatic rings. The minimum Gasteiger partial charge on any atom is -0.376 e. The van der Waals surface area contributed by atoms with Crippen LogP contribution in [0.2, 0.25) is 0 Å². The Balaban J connectivity index is 3.14. The molecule has 1 N–H and O–H groups in total. The molecule has 0 bridgehead atoms. The van der Waals surface area contributed by atoms with Gasteiger partial charge in [-0.05, 0) is 35.6 Å². The predicted octanol–water partition coefficient (Wildman–Crippen LogP) is 2.43. The fourth-order valence-electron chi connectivity index (χ4n) is 0.831. The molecule has 1 nitrogen and oxygen atoms in total. The average Bonchev–Trinajstić information content (AvgIpc) is 1.86. The highest BCUT2D eigenvalue weighted by Gasteiger charge is 2.21. The van der Waals surface area contributed by atoms with E-state index in [0.717, 1.165) is 0 Å². The average molecular weight is 266 g/mol. The summed E-state index contributed by atoms with van der Waals surface area (Å²) in [6.07, 6.45) is 0. The molecule has 0 radical (unpaired) electrons. The van der Waals surface area contributed by atoms with Gasteiger partial charge in [0, 0.05) is 5.56 Å². The van der Waals surface area contributed by atoms with Gasteiger partial charge in [-0.1, -0.05) is 18.2 Å². The minimum absolute atomic E-state index is 0.320. The molecule has 0 aliphatic heterocycles. The standard InChI is InChI=1S/C8H8FIO/c1-8(10,11)6-4-2-3-5-7(6)9/h2-5,11H,1H3. The van der Waals surface area contributed by atoms with Crippen LogP contribution in [-0.2, 0) is 3.61 Å². The number of hydrogen-bond donors (Lipinski definition) is 1. The van der Waals surface area contributed by atoms with Gasteiger partial charge < -0.3 is 5.11 Å². The first kappa shape index (κ1) is 8.93. The lowest BCUT2D eigenvalue weighted by atomic mass is 10.1. The molecule has 3 heteroatoms. The second-order valence-corrected chi connectivity index (χ2v) is 4.53. The molecule has 1 rings (SSSR count). The van der Waals surface area contributed by atoms with Crippen molar-refractivity contribution in [1.29, 1.82) is 0 Å². The number of rotatable bonds is 1. The predicted molar refractivity (Wildman–Crippen MR) is 50.0 cm³/mol. The zero-order chi connectivity index (χ0) is 8.48. The summed E-state index contributed by atoms with van der Waals surface area (Å²) < 4.78 is 11.8. The molecular weight excluding hydrogens is 258 g/mol. The van der Waals surface area contributed by atoms with Crippen LogP contribution in [0.3, 0.4) is 0 Å². The first-order valence-corrected chi connectivity index (χ1v) is 4.26. The van der Waals surface area contributed by atoms with E-state index in [9.17, 15) is 9.50 Å². The summed E-state index contributed by atoms with van der Waals surface area (Å²) in [5.41, 5.74) is 0.320. The van der Waals surface area contributed by atoms with Gasteiger partial charge in [-0.25, -0.2) is 4.39 Å². The molecule has 60 valence electrons. The van der Waals surface area contributed by atoms with Gasteiger partial charge in [-0.15, -0.1) is 0 Å². The molecular formula is C8H8FIO. The number of alkyl halides is 1. The van der Waals surface area contributed by atoms with E-state index in [1.165, 1.54) is 6.07 Å². The van der Waals surface area contributed by atoms with Gasteiger partial charge in [0.2, 0.25) is 0 Å². The Hall–Kier alpha value is -0.160. The molecule has 0 aromatic heterocycles. The van der Waals surface area contributed by atoms with Crippen molar-refractivity contribution >= 4 is 22.6 Å². The lowest BCUT2D eigenvalue weighted by molar-refractivity contribution is 0.174. The highest BCUT2D eigenvalue weighted by atomic mass is 127. The van der Waals surface area contributed by atoms with Crippen molar-refractivity contribution < 1.29 is 9.50 Å². The van der Waals surface area contributed by atoms with E-state index in [2.05, 4.69) is 0 Å². The van der Waals surface area contributed by atoms with E-state index in [4.69, 9.17) is 0 Å². The van der Waals surface area contributed by atoms with E-state index in [0.29, 0.717) is 5.56 Å². The maximum absolute atomic E-state index is 12.9. The van der Waals surface area contributed by atoms with E-state index in [-0.39, 0.29) is 5.82 Å². The number of hydrogen-bond acceptors (Lipinski definition) is 1. The normalized spacial score (nSPS) is 16.0. The van der Waals surface area contributed by atoms with Crippen molar-refractivity contribution in [2.24, 2.45) is 0 Å². The first-order valence-electron chi connectivity index (χ1n) is 3.18. The monoisotopic (exact) mass is 266 g/mol. The third kappa shape index (κ3) is 2.13. The Kier molecular flexibility index (Phi) is 2.49. The van der Waals surface area contributed by atoms with Crippen LogP contribution in [-0.4, -0.2) is 5.11 Å². The summed E-state index contributed by atoms with van der Waals surface area (Å²) in [5.74, 6) is -0.369. The summed E-state index contributed by atoms with van der Waals surface area (Å²) in [4.78, 5) is 0. The fourth-order valence-corrected chi connectivity index (χ4v) is 1.27. The van der Waals surface area contributed by atoms with Gasteiger partial charge in [0.1, 0.15) is 9.43 Å². The van der Waals surface area contributed by atoms with Gasteiger partial charge in [0.25, 0.3) is 0 Å². The second-order valence-electron chi connectivity index (χ2n) is 2.43. The summed E-state index contributed by atoms with van der Waals surface area (Å²) in [7, 11) is 0. The van der Waals surface area contributed by atoms with E-state index in [1.807, 2.05) is 0 Å². The van der Waals surface area contributed by atoms with Gasteiger partial charge in [-0.2, -0.15) is 0 Å². The van der Waals surface area contributed by atoms with Crippen molar-refractivity contribution in [3.63, 3.8) is 0 Å². The number of halogens is 2. The number of aliphatic hydroxyl groups is 1. The van der Waals surface area contributed by atoms with Gasteiger partial charge in [0.05, 0.1) is 0 Å². The second kappa shape index (κ2) is 3.06. The lowest BCUT2D eigenvalue weighted by Gasteiger charge is -2.15. The zero-order valence-electron chi connectivity index (χ0n) is 6.01. The Bertz CT molecular complexity index is 255. The van der Waals surface area contributed by atoms with Gasteiger partial charge in [-0.3, -0.25) is 0 Å². The van der Waals surface area contributed by atoms with Crippen LogP contribution in [0.4, 0.5) is 4.39 Å². The molecule has 0 amide bonds. The summed E-state index contributed by atoms with van der Waals surface area (Å²) in [6, 6.07) is 6.21. The van der Waals surface area contributed by atoms with Crippen LogP contribution < -0.4 is 0 Å². The Labute approximate surface area is 78.4 Å². The molecule has 0 fully saturated rings. The lowest BCUT2D eigenvalue weighted by Crippen LogP contribution is -2.12. The van der Waals surface area contributed by atoms with Crippen LogP contribution in [0.1, 0.15) is 12.5 Å². The van der Waals surface area contributed by atoms with Crippen molar-refractivity contribution in [1.82, 2.24) is 0 Å². The Morgan fingerprint density at radius 3 is 2.36 bits per heavy atom. The third-order valence-corrected chi connectivity index (χ3v) is 1.95. The molecule has 0 aliphatic rings. The highest BCUT2D eigenvalue weighted by molar-refractivity contribution is 14.1. The fraction of sp³-hybridized carbons (Fsp3) is 0.250. The van der Waals surface area contributed by atoms with Crippen LogP contribution in [0.25, 0.3) is 0 Å². The molecule has 0 saturated carbocycles. The van der Waals surface area contributed by atoms with Crippen LogP contribution in [0, 0.1) is 5.82 Å². The summed E-state index contributed by atoms with van der Waals surface area (Å²) in [5, 5.41) is 9.42. The maximum Gasteiger partial charge on any atom is 0.141 e. The Morgan fingerprint density at radius 2 is 2.00 bits per heavy atom. The molecule has 1 atom stereocenters. The molecule has 11 heavy (non-hydrogen) atoms. The summed E-state index contributed by atoms with van der Waals surface area (Å²) in [6.45, 7) is 1.55. The quantitative estimate of drug-likeness (QED) is 0.611. The van der Waals surface area contributed by atoms with Crippen LogP contribution in [0.15, 0.2) is 24.3 Å². The molecule has 1 unspecified atom stereocenters. The summed E-state index contributed by atoms with van der Waals surface area (Å²) >= 11 is 1.78. The van der Waals surface area contributed by atoms with Crippen molar-refractivity contribution in [2.75, 3.05) is 0 Å². The highest BCUT2D eigenvalue weighted by Crippen LogP contribution is 2.29. The van der Waals surface area contributed by atoms with Crippen molar-refractivity contribution in [3.05, 3.63) is 35.6 Å². The Morgan fingerprint density at radius 1 is 1.45 bits per heavy atom. The molecule has 1 aromatic carbocycles. The smallest absolute Gasteiger partial charge is 0.141 e. The largest absolute Gasteiger partial charge is 0.376 e. The van der Waals surface area contributed by atoms with E-state index < -0.39 is 3.61 Å². The SMILES string of the molecule is CC(O)(I)c1ccccc1F. The molecule has 0 heterocycles. The van der Waals surface area contributed by atoms with Crippen LogP contribution >= 0.6 is 22.6 Å². The van der Waals surface area contributed by atoms with Gasteiger partial charge >= 0.3 is 0 Å². The van der Waals surface area contributed by atoms with Gasteiger partial charge in [0.15, 0.2) is 0 Å². The maximum atomic E-state index is 12.9. The van der Waals surface area contributed by atoms with Crippen molar-refractivity contribution in [3.8, 4) is 0 Å². The van der Waals surface area contributed by atoms with E-state index >= 15 is 0 Å². The molecule has 0 aliphatic carbocycles. The van der Waals surface area contributed by atoms with Crippen molar-refractivity contribution in [2.45, 2.75) is 10.5 Å². The minimum atomic E-state index is -1.12. The van der Waals surface area contributed by atoms with E-state index in [1.54, 1.807) is 47.7 Å². The number of benzene rings is 1. The first-order chi connectivity index (χ1) is 5.02. The molecule has 0 spiro atoms. The third-order valence-electron chi connectivity index (χ3n) is 1.37. The molecule has 0 saturated heterocycles. The van der Waals surface area contributed by atoms with Crippen LogP contribution in [0.5, 0.6) is 0 Å². The topological polar surface area (TPSA) is 20.2 Å². The zero-order valence-corrected chi connectivity index (χ0v) is 8.17.